The lowest BCUT2D eigenvalue weighted by atomic mass is 9.98. The molecule has 0 aromatic heterocycles. The molecular weight excluding hydrogens is 272 g/mol. The van der Waals surface area contributed by atoms with E-state index in [0.717, 1.165) is 16.9 Å². The summed E-state index contributed by atoms with van der Waals surface area (Å²) >= 11 is 0. The maximum atomic E-state index is 13.0. The molecule has 0 fully saturated rings. The molecule has 1 unspecified atom stereocenters. The van der Waals surface area contributed by atoms with Gasteiger partial charge >= 0.3 is 0 Å². The lowest BCUT2D eigenvalue weighted by molar-refractivity contribution is -0.120. The Morgan fingerprint density at radius 1 is 1.05 bits per heavy atom. The molecule has 2 aromatic carbocycles. The Morgan fingerprint density at radius 2 is 1.68 bits per heavy atom. The third-order valence-corrected chi connectivity index (χ3v) is 4.31. The molecule has 1 heterocycles. The number of rotatable bonds is 2. The van der Waals surface area contributed by atoms with Gasteiger partial charge in [0.1, 0.15) is 6.04 Å². The smallest absolute Gasteiger partial charge is 0.254 e. The summed E-state index contributed by atoms with van der Waals surface area (Å²) in [4.78, 5) is 14.9. The van der Waals surface area contributed by atoms with Gasteiger partial charge < -0.3 is 10.2 Å². The van der Waals surface area contributed by atoms with Crippen molar-refractivity contribution in [1.82, 2.24) is 0 Å². The fourth-order valence-electron chi connectivity index (χ4n) is 2.99. The second kappa shape index (κ2) is 5.48. The highest BCUT2D eigenvalue weighted by Crippen LogP contribution is 2.39. The van der Waals surface area contributed by atoms with Crippen LogP contribution in [0, 0.1) is 13.8 Å². The molecule has 0 saturated carbocycles. The molecule has 1 amide bonds. The minimum Gasteiger partial charge on any atom is -0.368 e. The predicted molar refractivity (Wildman–Crippen MR) is 91.3 cm³/mol. The zero-order valence-electron chi connectivity index (χ0n) is 13.6. The van der Waals surface area contributed by atoms with Crippen LogP contribution in [0.2, 0.25) is 0 Å². The van der Waals surface area contributed by atoms with Gasteiger partial charge in [0.2, 0.25) is 0 Å². The quantitative estimate of drug-likeness (QED) is 0.899. The fraction of sp³-hybridized carbons (Fsp3) is 0.316. The van der Waals surface area contributed by atoms with Crippen molar-refractivity contribution in [2.45, 2.75) is 39.8 Å². The topological polar surface area (TPSA) is 32.3 Å². The van der Waals surface area contributed by atoms with Crippen molar-refractivity contribution in [3.05, 3.63) is 59.2 Å². The summed E-state index contributed by atoms with van der Waals surface area (Å²) in [5, 5.41) is 3.42. The van der Waals surface area contributed by atoms with E-state index in [1.807, 2.05) is 35.2 Å². The van der Waals surface area contributed by atoms with Crippen LogP contribution in [0.1, 0.15) is 36.6 Å². The van der Waals surface area contributed by atoms with Gasteiger partial charge in [0.25, 0.3) is 5.91 Å². The van der Waals surface area contributed by atoms with Crippen molar-refractivity contribution < 1.29 is 4.79 Å². The minimum absolute atomic E-state index is 0.108. The molecule has 3 heteroatoms. The standard InChI is InChI=1S/C19H22N2O/c1-12(2)21-17-11-14(4)13(3)10-16(17)20-18(19(21)22)15-8-6-5-7-9-15/h5-12,18,20H,1-4H3. The van der Waals surface area contributed by atoms with Gasteiger partial charge in [-0.1, -0.05) is 30.3 Å². The Labute approximate surface area is 132 Å². The van der Waals surface area contributed by atoms with E-state index in [2.05, 4.69) is 45.1 Å². The molecule has 1 aliphatic heterocycles. The summed E-state index contributed by atoms with van der Waals surface area (Å²) in [5.74, 6) is 0.108. The van der Waals surface area contributed by atoms with Gasteiger partial charge in [-0.25, -0.2) is 0 Å². The Morgan fingerprint density at radius 3 is 2.32 bits per heavy atom. The summed E-state index contributed by atoms with van der Waals surface area (Å²) in [6.45, 7) is 8.31. The van der Waals surface area contributed by atoms with E-state index in [4.69, 9.17) is 0 Å². The average Bonchev–Trinajstić information content (AvgIpc) is 2.49. The minimum atomic E-state index is -0.321. The molecule has 1 N–H and O–H groups in total. The van der Waals surface area contributed by atoms with Crippen LogP contribution in [-0.2, 0) is 4.79 Å². The number of hydrogen-bond donors (Lipinski definition) is 1. The number of carbonyl (C=O) groups is 1. The first-order valence-electron chi connectivity index (χ1n) is 7.75. The van der Waals surface area contributed by atoms with Gasteiger partial charge in [-0.15, -0.1) is 0 Å². The molecule has 1 aliphatic rings. The highest BCUT2D eigenvalue weighted by Gasteiger charge is 2.35. The molecular formula is C19H22N2O. The van der Waals surface area contributed by atoms with Gasteiger partial charge in [-0.2, -0.15) is 0 Å². The first-order valence-corrected chi connectivity index (χ1v) is 7.75. The van der Waals surface area contributed by atoms with Crippen molar-refractivity contribution in [2.75, 3.05) is 10.2 Å². The van der Waals surface area contributed by atoms with E-state index in [-0.39, 0.29) is 18.0 Å². The number of benzene rings is 2. The molecule has 3 rings (SSSR count). The molecule has 0 aliphatic carbocycles. The van der Waals surface area contributed by atoms with Crippen LogP contribution in [-0.4, -0.2) is 11.9 Å². The van der Waals surface area contributed by atoms with Crippen LogP contribution in [0.4, 0.5) is 11.4 Å². The summed E-state index contributed by atoms with van der Waals surface area (Å²) in [5.41, 5.74) is 5.45. The van der Waals surface area contributed by atoms with E-state index in [0.29, 0.717) is 0 Å². The highest BCUT2D eigenvalue weighted by molar-refractivity contribution is 6.06. The lowest BCUT2D eigenvalue weighted by Crippen LogP contribution is -2.46. The first-order chi connectivity index (χ1) is 10.5. The van der Waals surface area contributed by atoms with E-state index < -0.39 is 0 Å². The summed E-state index contributed by atoms with van der Waals surface area (Å²) in [6.07, 6.45) is 0. The molecule has 0 spiro atoms. The monoisotopic (exact) mass is 294 g/mol. The maximum Gasteiger partial charge on any atom is 0.254 e. The van der Waals surface area contributed by atoms with Crippen molar-refractivity contribution in [3.63, 3.8) is 0 Å². The predicted octanol–water partition coefficient (Wildman–Crippen LogP) is 4.21. The number of carbonyl (C=O) groups excluding carboxylic acids is 1. The number of nitrogens with one attached hydrogen (secondary N) is 1. The van der Waals surface area contributed by atoms with Crippen molar-refractivity contribution >= 4 is 17.3 Å². The molecule has 0 bridgehead atoms. The van der Waals surface area contributed by atoms with Crippen LogP contribution >= 0.6 is 0 Å². The Hall–Kier alpha value is -2.29. The third kappa shape index (κ3) is 2.37. The summed E-state index contributed by atoms with van der Waals surface area (Å²) < 4.78 is 0. The van der Waals surface area contributed by atoms with Crippen LogP contribution < -0.4 is 10.2 Å². The number of hydrogen-bond acceptors (Lipinski definition) is 2. The Kier molecular flexibility index (Phi) is 3.65. The second-order valence-electron chi connectivity index (χ2n) is 6.24. The molecule has 0 radical (unpaired) electrons. The van der Waals surface area contributed by atoms with E-state index in [1.54, 1.807) is 0 Å². The average molecular weight is 294 g/mol. The number of amides is 1. The van der Waals surface area contributed by atoms with Crippen molar-refractivity contribution in [1.29, 1.82) is 0 Å². The van der Waals surface area contributed by atoms with E-state index in [1.165, 1.54) is 11.1 Å². The van der Waals surface area contributed by atoms with Gasteiger partial charge in [0.05, 0.1) is 11.4 Å². The molecule has 1 atom stereocenters. The fourth-order valence-corrected chi connectivity index (χ4v) is 2.99. The zero-order chi connectivity index (χ0) is 15.9. The maximum absolute atomic E-state index is 13.0. The van der Waals surface area contributed by atoms with Crippen LogP contribution in [0.3, 0.4) is 0 Å². The summed E-state index contributed by atoms with van der Waals surface area (Å²) in [6, 6.07) is 14.0. The van der Waals surface area contributed by atoms with Crippen molar-refractivity contribution in [3.8, 4) is 0 Å². The van der Waals surface area contributed by atoms with E-state index >= 15 is 0 Å². The Balaban J connectivity index is 2.12. The SMILES string of the molecule is Cc1cc2c(cc1C)N(C(C)C)C(=O)C(c1ccccc1)N2. The van der Waals surface area contributed by atoms with Gasteiger partial charge in [-0.05, 0) is 56.5 Å². The van der Waals surface area contributed by atoms with Crippen LogP contribution in [0.25, 0.3) is 0 Å². The van der Waals surface area contributed by atoms with Gasteiger partial charge in [0, 0.05) is 6.04 Å². The third-order valence-electron chi connectivity index (χ3n) is 4.31. The van der Waals surface area contributed by atoms with Gasteiger partial charge in [0.15, 0.2) is 0 Å². The molecule has 22 heavy (non-hydrogen) atoms. The zero-order valence-corrected chi connectivity index (χ0v) is 13.6. The molecule has 0 saturated heterocycles. The number of fused-ring (bicyclic) bond motifs is 1. The largest absolute Gasteiger partial charge is 0.368 e. The molecule has 2 aromatic rings. The molecule has 114 valence electrons. The van der Waals surface area contributed by atoms with Crippen LogP contribution in [0.15, 0.2) is 42.5 Å². The van der Waals surface area contributed by atoms with Gasteiger partial charge in [-0.3, -0.25) is 4.79 Å². The highest BCUT2D eigenvalue weighted by atomic mass is 16.2. The summed E-state index contributed by atoms with van der Waals surface area (Å²) in [7, 11) is 0. The van der Waals surface area contributed by atoms with E-state index in [9.17, 15) is 4.79 Å². The Bertz CT molecular complexity index is 707. The first kappa shape index (κ1) is 14.6. The van der Waals surface area contributed by atoms with Crippen LogP contribution in [0.5, 0.6) is 0 Å². The lowest BCUT2D eigenvalue weighted by Gasteiger charge is -2.38. The normalized spacial score (nSPS) is 17.4. The second-order valence-corrected chi connectivity index (χ2v) is 6.24. The molecule has 3 nitrogen and oxygen atoms in total. The number of nitrogens with zero attached hydrogens (tertiary/aromatic N) is 1. The number of aryl methyl sites for hydroxylation is 2. The number of anilines is 2. The van der Waals surface area contributed by atoms with Crippen molar-refractivity contribution in [2.24, 2.45) is 0 Å².